The van der Waals surface area contributed by atoms with E-state index in [0.29, 0.717) is 18.2 Å². The molecule has 0 unspecified atom stereocenters. The van der Waals surface area contributed by atoms with Gasteiger partial charge in [0.1, 0.15) is 29.9 Å². The largest absolute Gasteiger partial charge is 0.478 e. The van der Waals surface area contributed by atoms with Crippen molar-refractivity contribution < 1.29 is 60.4 Å². The quantitative estimate of drug-likeness (QED) is 0.121. The molecule has 1 atom stereocenters. The Labute approximate surface area is 248 Å². The predicted octanol–water partition coefficient (Wildman–Crippen LogP) is 3.41. The fourth-order valence-corrected chi connectivity index (χ4v) is 3.77. The number of carboxylic acids is 1. The van der Waals surface area contributed by atoms with Gasteiger partial charge in [-0.25, -0.2) is 32.9 Å². The zero-order valence-electron chi connectivity index (χ0n) is 22.3. The maximum absolute atomic E-state index is 14.7. The summed E-state index contributed by atoms with van der Waals surface area (Å²) in [6.07, 6.45) is 1.33. The van der Waals surface area contributed by atoms with Crippen LogP contribution in [-0.4, -0.2) is 50.5 Å². The minimum absolute atomic E-state index is 0.137. The van der Waals surface area contributed by atoms with Crippen LogP contribution in [0.5, 0.6) is 17.4 Å². The average molecular weight is 636 g/mol. The Kier molecular flexibility index (Phi) is 9.31. The number of carboxylic acid groups (broad SMARTS) is 1. The number of anilines is 1. The van der Waals surface area contributed by atoms with Crippen LogP contribution in [0, 0.1) is 24.0 Å². The summed E-state index contributed by atoms with van der Waals surface area (Å²) < 4.78 is 88.8. The monoisotopic (exact) mass is 636 g/mol. The first-order valence-electron chi connectivity index (χ1n) is 12.2. The highest BCUT2D eigenvalue weighted by atomic mass is 19.4. The highest BCUT2D eigenvalue weighted by Gasteiger charge is 2.36. The minimum atomic E-state index is -4.82. The van der Waals surface area contributed by atoms with E-state index in [4.69, 9.17) is 25.7 Å². The second-order valence-corrected chi connectivity index (χ2v) is 8.72. The lowest BCUT2D eigenvalue weighted by atomic mass is 10.2. The van der Waals surface area contributed by atoms with Crippen molar-refractivity contribution in [1.82, 2.24) is 14.5 Å². The van der Waals surface area contributed by atoms with Crippen LogP contribution in [-0.2, 0) is 38.4 Å². The number of carbonyl (C=O) groups is 3. The number of nitrogens with zero attached hydrogens (tertiary/aromatic N) is 4. The van der Waals surface area contributed by atoms with Gasteiger partial charge >= 0.3 is 29.9 Å². The summed E-state index contributed by atoms with van der Waals surface area (Å²) in [7, 11) is 0. The van der Waals surface area contributed by atoms with Crippen LogP contribution in [0.1, 0.15) is 11.3 Å². The van der Waals surface area contributed by atoms with Gasteiger partial charge in [-0.15, -0.1) is 6.42 Å². The SMILES string of the molecule is C#C[C@@H]1Cn2c(cc(OCc3cc(F)c(Oc4ccnc(C(F)(F)F)c4)c(F)c3)nc2=O)N1C(=O)OCOC(=O)/C=C/C(=O)O. The van der Waals surface area contributed by atoms with Crippen molar-refractivity contribution in [2.75, 3.05) is 11.7 Å². The lowest BCUT2D eigenvalue weighted by Gasteiger charge is -2.19. The number of halogens is 5. The molecule has 4 rings (SSSR count). The summed E-state index contributed by atoms with van der Waals surface area (Å²) in [5.74, 6) is -4.90. The first-order chi connectivity index (χ1) is 21.3. The number of alkyl halides is 3. The molecule has 1 amide bonds. The molecule has 13 nitrogen and oxygen atoms in total. The molecule has 0 saturated heterocycles. The van der Waals surface area contributed by atoms with Gasteiger partial charge in [-0.2, -0.15) is 18.2 Å². The molecule has 234 valence electrons. The molecule has 3 aromatic rings. The molecule has 0 saturated carbocycles. The van der Waals surface area contributed by atoms with Crippen molar-refractivity contribution in [2.24, 2.45) is 0 Å². The Hall–Kier alpha value is -5.99. The molecule has 3 heterocycles. The molecule has 1 N–H and O–H groups in total. The fraction of sp³-hybridized carbons (Fsp3) is 0.185. The van der Waals surface area contributed by atoms with Crippen molar-refractivity contribution in [3.05, 3.63) is 82.1 Å². The van der Waals surface area contributed by atoms with Gasteiger partial charge in [-0.05, 0) is 23.8 Å². The number of pyridine rings is 1. The third-order valence-electron chi connectivity index (χ3n) is 5.70. The molecule has 45 heavy (non-hydrogen) atoms. The van der Waals surface area contributed by atoms with E-state index in [1.807, 2.05) is 0 Å². The number of ether oxygens (including phenoxy) is 4. The van der Waals surface area contributed by atoms with E-state index in [1.165, 1.54) is 0 Å². The van der Waals surface area contributed by atoms with Crippen LogP contribution < -0.4 is 20.1 Å². The number of hydrogen-bond donors (Lipinski definition) is 1. The van der Waals surface area contributed by atoms with Gasteiger partial charge < -0.3 is 24.1 Å². The third-order valence-corrected chi connectivity index (χ3v) is 5.70. The van der Waals surface area contributed by atoms with Crippen molar-refractivity contribution in [3.8, 4) is 29.7 Å². The van der Waals surface area contributed by atoms with Crippen molar-refractivity contribution in [3.63, 3.8) is 0 Å². The Morgan fingerprint density at radius 3 is 2.47 bits per heavy atom. The molecule has 1 aliphatic heterocycles. The van der Waals surface area contributed by atoms with Crippen LogP contribution in [0.15, 0.2) is 53.5 Å². The Morgan fingerprint density at radius 1 is 1.11 bits per heavy atom. The number of esters is 1. The molecule has 0 bridgehead atoms. The van der Waals surface area contributed by atoms with E-state index in [-0.39, 0.29) is 17.9 Å². The smallest absolute Gasteiger partial charge is 0.433 e. The first-order valence-corrected chi connectivity index (χ1v) is 12.2. The number of benzene rings is 1. The zero-order valence-corrected chi connectivity index (χ0v) is 22.3. The van der Waals surface area contributed by atoms with E-state index in [0.717, 1.165) is 39.9 Å². The molecule has 0 spiro atoms. The molecular formula is C27H17F5N4O9. The normalized spacial score (nSPS) is 14.0. The van der Waals surface area contributed by atoms with Gasteiger partial charge in [0.15, 0.2) is 17.4 Å². The Morgan fingerprint density at radius 2 is 1.82 bits per heavy atom. The minimum Gasteiger partial charge on any atom is -0.478 e. The summed E-state index contributed by atoms with van der Waals surface area (Å²) in [5.41, 5.74) is -2.39. The van der Waals surface area contributed by atoms with E-state index < -0.39 is 84.0 Å². The second-order valence-electron chi connectivity index (χ2n) is 8.72. The molecular weight excluding hydrogens is 619 g/mol. The average Bonchev–Trinajstić information content (AvgIpc) is 3.36. The number of amides is 1. The highest BCUT2D eigenvalue weighted by Crippen LogP contribution is 2.33. The summed E-state index contributed by atoms with van der Waals surface area (Å²) >= 11 is 0. The van der Waals surface area contributed by atoms with Crippen molar-refractivity contribution >= 4 is 23.8 Å². The van der Waals surface area contributed by atoms with Crippen molar-refractivity contribution in [2.45, 2.75) is 25.4 Å². The summed E-state index contributed by atoms with van der Waals surface area (Å²) in [6, 6.07) is 3.04. The van der Waals surface area contributed by atoms with Gasteiger partial charge in [-0.3, -0.25) is 9.55 Å². The molecule has 0 aliphatic carbocycles. The van der Waals surface area contributed by atoms with E-state index in [1.54, 1.807) is 0 Å². The zero-order chi connectivity index (χ0) is 32.9. The fourth-order valence-electron chi connectivity index (χ4n) is 3.77. The van der Waals surface area contributed by atoms with Crippen molar-refractivity contribution in [1.29, 1.82) is 0 Å². The second kappa shape index (κ2) is 13.1. The Balaban J connectivity index is 1.47. The van der Waals surface area contributed by atoms with Crippen LogP contribution in [0.25, 0.3) is 0 Å². The standard InChI is InChI=1S/C27H17F5N4O9/c1-2-15-11-35-21(36(15)26(41)44-13-43-23(39)4-3-22(37)38)10-20(34-25(35)40)42-12-14-7-17(28)24(18(29)8-14)45-16-5-6-33-19(9-16)27(30,31)32/h1,3-10,15H,11-13H2,(H,37,38)/b4-3+/t15-/m1/s1. The van der Waals surface area contributed by atoms with E-state index >= 15 is 0 Å². The van der Waals surface area contributed by atoms with Crippen LogP contribution >= 0.6 is 0 Å². The van der Waals surface area contributed by atoms with Crippen LogP contribution in [0.3, 0.4) is 0 Å². The number of aromatic nitrogens is 3. The van der Waals surface area contributed by atoms with Crippen LogP contribution in [0.2, 0.25) is 0 Å². The van der Waals surface area contributed by atoms with Gasteiger partial charge in [0.25, 0.3) is 0 Å². The summed E-state index contributed by atoms with van der Waals surface area (Å²) in [6.45, 7) is -1.70. The third kappa shape index (κ3) is 7.70. The maximum Gasteiger partial charge on any atom is 0.433 e. The number of aliphatic carboxylic acids is 1. The Bertz CT molecular complexity index is 1760. The van der Waals surface area contributed by atoms with E-state index in [9.17, 15) is 41.1 Å². The summed E-state index contributed by atoms with van der Waals surface area (Å²) in [4.78, 5) is 54.9. The number of terminal acetylenes is 1. The van der Waals surface area contributed by atoms with Gasteiger partial charge in [0.2, 0.25) is 12.7 Å². The summed E-state index contributed by atoms with van der Waals surface area (Å²) in [5, 5.41) is 8.51. The topological polar surface area (TPSA) is 159 Å². The van der Waals surface area contributed by atoms with E-state index in [2.05, 4.69) is 20.6 Å². The number of fused-ring (bicyclic) bond motifs is 1. The highest BCUT2D eigenvalue weighted by molar-refractivity contribution is 5.91. The van der Waals surface area contributed by atoms with Gasteiger partial charge in [0, 0.05) is 30.5 Å². The first kappa shape index (κ1) is 31.9. The number of rotatable bonds is 9. The molecule has 0 radical (unpaired) electrons. The van der Waals surface area contributed by atoms with Gasteiger partial charge in [0.05, 0.1) is 6.54 Å². The molecule has 1 aromatic carbocycles. The predicted molar refractivity (Wildman–Crippen MR) is 138 cm³/mol. The molecule has 0 fully saturated rings. The lowest BCUT2D eigenvalue weighted by molar-refractivity contribution is -0.146. The lowest BCUT2D eigenvalue weighted by Crippen LogP contribution is -2.37. The van der Waals surface area contributed by atoms with Crippen LogP contribution in [0.4, 0.5) is 32.6 Å². The molecule has 2 aromatic heterocycles. The molecule has 1 aliphatic rings. The maximum atomic E-state index is 14.7. The molecule has 18 heteroatoms. The number of hydrogen-bond acceptors (Lipinski definition) is 10. The van der Waals surface area contributed by atoms with Gasteiger partial charge in [-0.1, -0.05) is 5.92 Å². The number of carbonyl (C=O) groups excluding carboxylic acids is 2.